The van der Waals surface area contributed by atoms with Gasteiger partial charge in [0.05, 0.1) is 18.3 Å². The topological polar surface area (TPSA) is 83.1 Å². The number of methoxy groups -OCH3 is 1. The standard InChI is InChI=1S/C25H34BNO6/c1-23(2,3)31-22(29)27-20(21(28)30-8)15-16-11-9-13-18-17(16)12-10-14-19(18)26-32-24(4,5)25(6,7)33-26/h9-14,20H,15H2,1-8H3,(H,27,29)/t20-/m0/s1. The zero-order valence-electron chi connectivity index (χ0n) is 20.8. The van der Waals surface area contributed by atoms with Crippen LogP contribution in [0.5, 0.6) is 0 Å². The van der Waals surface area contributed by atoms with Gasteiger partial charge in [-0.15, -0.1) is 0 Å². The van der Waals surface area contributed by atoms with E-state index in [1.165, 1.54) is 7.11 Å². The van der Waals surface area contributed by atoms with Gasteiger partial charge in [-0.25, -0.2) is 9.59 Å². The molecule has 0 saturated carbocycles. The van der Waals surface area contributed by atoms with Gasteiger partial charge >= 0.3 is 19.2 Å². The molecule has 0 aromatic heterocycles. The molecule has 1 saturated heterocycles. The number of esters is 1. The second kappa shape index (κ2) is 8.99. The summed E-state index contributed by atoms with van der Waals surface area (Å²) in [6.07, 6.45) is -0.424. The van der Waals surface area contributed by atoms with Gasteiger partial charge < -0.3 is 24.1 Å². The van der Waals surface area contributed by atoms with Crippen LogP contribution in [0.3, 0.4) is 0 Å². The molecule has 0 bridgehead atoms. The first-order chi connectivity index (χ1) is 15.2. The highest BCUT2D eigenvalue weighted by Gasteiger charge is 2.52. The number of carbonyl (C=O) groups excluding carboxylic acids is 2. The minimum absolute atomic E-state index is 0.246. The molecule has 1 atom stereocenters. The van der Waals surface area contributed by atoms with Crippen LogP contribution in [-0.2, 0) is 30.0 Å². The highest BCUT2D eigenvalue weighted by molar-refractivity contribution is 6.65. The number of fused-ring (bicyclic) bond motifs is 1. The molecule has 7 nitrogen and oxygen atoms in total. The van der Waals surface area contributed by atoms with Crippen molar-refractivity contribution in [2.75, 3.05) is 7.11 Å². The van der Waals surface area contributed by atoms with Crippen LogP contribution in [0.4, 0.5) is 4.79 Å². The molecule has 1 fully saturated rings. The van der Waals surface area contributed by atoms with Crippen LogP contribution in [0.15, 0.2) is 36.4 Å². The van der Waals surface area contributed by atoms with Crippen molar-refractivity contribution in [1.29, 1.82) is 0 Å². The summed E-state index contributed by atoms with van der Waals surface area (Å²) < 4.78 is 22.8. The number of nitrogens with one attached hydrogen (secondary N) is 1. The first-order valence-electron chi connectivity index (χ1n) is 11.2. The van der Waals surface area contributed by atoms with Crippen molar-refractivity contribution in [1.82, 2.24) is 5.32 Å². The van der Waals surface area contributed by atoms with Crippen LogP contribution in [0.1, 0.15) is 54.0 Å². The molecule has 0 unspecified atom stereocenters. The van der Waals surface area contributed by atoms with Crippen molar-refractivity contribution in [3.05, 3.63) is 42.0 Å². The predicted octanol–water partition coefficient (Wildman–Crippen LogP) is 3.75. The molecule has 2 aromatic rings. The molecule has 1 aliphatic heterocycles. The highest BCUT2D eigenvalue weighted by atomic mass is 16.7. The summed E-state index contributed by atoms with van der Waals surface area (Å²) in [7, 11) is 0.788. The Labute approximate surface area is 196 Å². The highest BCUT2D eigenvalue weighted by Crippen LogP contribution is 2.37. The smallest absolute Gasteiger partial charge is 0.467 e. The molecule has 1 heterocycles. The fraction of sp³-hybridized carbons (Fsp3) is 0.520. The molecule has 1 amide bonds. The van der Waals surface area contributed by atoms with E-state index >= 15 is 0 Å². The van der Waals surface area contributed by atoms with E-state index in [0.717, 1.165) is 21.8 Å². The number of alkyl carbamates (subject to hydrolysis) is 1. The molecule has 2 aromatic carbocycles. The van der Waals surface area contributed by atoms with Crippen LogP contribution in [0, 0.1) is 0 Å². The third-order valence-corrected chi connectivity index (χ3v) is 6.15. The molecule has 8 heteroatoms. The number of carbonyl (C=O) groups is 2. The van der Waals surface area contributed by atoms with Gasteiger partial charge in [0, 0.05) is 6.42 Å². The molecule has 0 radical (unpaired) electrons. The molecule has 33 heavy (non-hydrogen) atoms. The molecule has 1 N–H and O–H groups in total. The van der Waals surface area contributed by atoms with E-state index in [0.29, 0.717) is 0 Å². The van der Waals surface area contributed by atoms with Gasteiger partial charge in [-0.1, -0.05) is 36.4 Å². The van der Waals surface area contributed by atoms with Gasteiger partial charge in [0.1, 0.15) is 11.6 Å². The number of rotatable bonds is 5. The van der Waals surface area contributed by atoms with E-state index in [9.17, 15) is 9.59 Å². The molecule has 1 aliphatic rings. The van der Waals surface area contributed by atoms with E-state index < -0.39 is 42.0 Å². The number of amides is 1. The van der Waals surface area contributed by atoms with Gasteiger partial charge in [-0.05, 0) is 70.3 Å². The minimum atomic E-state index is -0.893. The zero-order valence-corrected chi connectivity index (χ0v) is 20.8. The molecular weight excluding hydrogens is 421 g/mol. The first kappa shape index (κ1) is 25.1. The van der Waals surface area contributed by atoms with Crippen LogP contribution in [-0.4, -0.2) is 49.1 Å². The van der Waals surface area contributed by atoms with Crippen molar-refractivity contribution in [3.63, 3.8) is 0 Å². The lowest BCUT2D eigenvalue weighted by atomic mass is 9.75. The minimum Gasteiger partial charge on any atom is -0.467 e. The summed E-state index contributed by atoms with van der Waals surface area (Å²) in [6.45, 7) is 13.4. The number of hydrogen-bond donors (Lipinski definition) is 1. The second-order valence-electron chi connectivity index (χ2n) is 10.4. The molecule has 0 spiro atoms. The van der Waals surface area contributed by atoms with Crippen molar-refractivity contribution < 1.29 is 28.4 Å². The van der Waals surface area contributed by atoms with E-state index in [4.69, 9.17) is 18.8 Å². The normalized spacial score (nSPS) is 18.1. The van der Waals surface area contributed by atoms with Gasteiger partial charge in [-0.3, -0.25) is 0 Å². The van der Waals surface area contributed by atoms with Crippen molar-refractivity contribution in [2.24, 2.45) is 0 Å². The lowest BCUT2D eigenvalue weighted by Crippen LogP contribution is -2.45. The maximum atomic E-state index is 12.4. The summed E-state index contributed by atoms with van der Waals surface area (Å²) in [4.78, 5) is 24.8. The molecule has 3 rings (SSSR count). The zero-order chi connectivity index (χ0) is 24.6. The Bertz CT molecular complexity index is 1030. The Morgan fingerprint density at radius 3 is 2.15 bits per heavy atom. The Morgan fingerprint density at radius 1 is 1.00 bits per heavy atom. The average Bonchev–Trinajstić information content (AvgIpc) is 2.92. The van der Waals surface area contributed by atoms with E-state index in [2.05, 4.69) is 5.32 Å². The third-order valence-electron chi connectivity index (χ3n) is 6.15. The lowest BCUT2D eigenvalue weighted by Gasteiger charge is -2.32. The Balaban J connectivity index is 1.93. The largest absolute Gasteiger partial charge is 0.495 e. The fourth-order valence-electron chi connectivity index (χ4n) is 3.76. The second-order valence-corrected chi connectivity index (χ2v) is 10.4. The van der Waals surface area contributed by atoms with Gasteiger partial charge in [-0.2, -0.15) is 0 Å². The molecule has 178 valence electrons. The van der Waals surface area contributed by atoms with E-state index in [1.807, 2.05) is 64.1 Å². The van der Waals surface area contributed by atoms with Gasteiger partial charge in [0.2, 0.25) is 0 Å². The third kappa shape index (κ3) is 5.50. The maximum Gasteiger partial charge on any atom is 0.495 e. The molecular formula is C25H34BNO6. The summed E-state index contributed by atoms with van der Waals surface area (Å²) in [5.74, 6) is -0.542. The van der Waals surface area contributed by atoms with Crippen molar-refractivity contribution in [2.45, 2.75) is 77.7 Å². The van der Waals surface area contributed by atoms with Gasteiger partial charge in [0.15, 0.2) is 0 Å². The Kier molecular flexibility index (Phi) is 6.83. The summed E-state index contributed by atoms with van der Waals surface area (Å²) in [6, 6.07) is 10.9. The van der Waals surface area contributed by atoms with Crippen LogP contribution >= 0.6 is 0 Å². The Hall–Kier alpha value is -2.58. The van der Waals surface area contributed by atoms with Crippen LogP contribution in [0.2, 0.25) is 0 Å². The summed E-state index contributed by atoms with van der Waals surface area (Å²) in [5, 5.41) is 4.56. The van der Waals surface area contributed by atoms with Gasteiger partial charge in [0.25, 0.3) is 0 Å². The van der Waals surface area contributed by atoms with E-state index in [1.54, 1.807) is 20.8 Å². The quantitative estimate of drug-likeness (QED) is 0.546. The average molecular weight is 455 g/mol. The Morgan fingerprint density at radius 2 is 1.58 bits per heavy atom. The van der Waals surface area contributed by atoms with Crippen molar-refractivity contribution >= 4 is 35.4 Å². The predicted molar refractivity (Wildman–Crippen MR) is 129 cm³/mol. The number of hydrogen-bond acceptors (Lipinski definition) is 6. The fourth-order valence-corrected chi connectivity index (χ4v) is 3.76. The van der Waals surface area contributed by atoms with Crippen LogP contribution < -0.4 is 10.8 Å². The monoisotopic (exact) mass is 455 g/mol. The number of benzene rings is 2. The van der Waals surface area contributed by atoms with Crippen LogP contribution in [0.25, 0.3) is 10.8 Å². The van der Waals surface area contributed by atoms with E-state index in [-0.39, 0.29) is 6.42 Å². The maximum absolute atomic E-state index is 12.4. The molecule has 0 aliphatic carbocycles. The number of ether oxygens (including phenoxy) is 2. The lowest BCUT2D eigenvalue weighted by molar-refractivity contribution is -0.143. The summed E-state index contributed by atoms with van der Waals surface area (Å²) >= 11 is 0. The summed E-state index contributed by atoms with van der Waals surface area (Å²) in [5.41, 5.74) is 0.220. The first-order valence-corrected chi connectivity index (χ1v) is 11.2. The van der Waals surface area contributed by atoms with Crippen molar-refractivity contribution in [3.8, 4) is 0 Å². The SMILES string of the molecule is COC(=O)[C@H](Cc1cccc2c(B3OC(C)(C)C(C)(C)O3)cccc12)NC(=O)OC(C)(C)C.